The fourth-order valence-electron chi connectivity index (χ4n) is 2.29. The van der Waals surface area contributed by atoms with Gasteiger partial charge in [-0.2, -0.15) is 0 Å². The molecule has 1 aliphatic rings. The molecule has 1 fully saturated rings. The number of carbonyl (C=O) groups is 1. The van der Waals surface area contributed by atoms with Gasteiger partial charge in [-0.3, -0.25) is 19.4 Å². The molecule has 5 heteroatoms. The summed E-state index contributed by atoms with van der Waals surface area (Å²) >= 11 is 0. The molecular formula is C11H16N2O3. The second-order valence-corrected chi connectivity index (χ2v) is 4.36. The quantitative estimate of drug-likeness (QED) is 0.812. The summed E-state index contributed by atoms with van der Waals surface area (Å²) in [5.41, 5.74) is 0.0750. The van der Waals surface area contributed by atoms with Crippen molar-refractivity contribution in [3.8, 4) is 0 Å². The maximum atomic E-state index is 11.5. The predicted octanol–water partition coefficient (Wildman–Crippen LogP) is 1.31. The van der Waals surface area contributed by atoms with Crippen LogP contribution < -0.4 is 5.56 Å². The molecule has 2 rings (SSSR count). The van der Waals surface area contributed by atoms with Gasteiger partial charge in [0.1, 0.15) is 0 Å². The number of carboxylic acids is 1. The van der Waals surface area contributed by atoms with Crippen LogP contribution in [0.3, 0.4) is 0 Å². The minimum absolute atomic E-state index is 0.199. The lowest BCUT2D eigenvalue weighted by Gasteiger charge is -2.22. The van der Waals surface area contributed by atoms with E-state index in [0.717, 1.165) is 12.8 Å². The summed E-state index contributed by atoms with van der Waals surface area (Å²) in [6.07, 6.45) is 7.21. The zero-order chi connectivity index (χ0) is 11.5. The predicted molar refractivity (Wildman–Crippen MR) is 58.5 cm³/mol. The average molecular weight is 224 g/mol. The lowest BCUT2D eigenvalue weighted by molar-refractivity contribution is -0.136. The van der Waals surface area contributed by atoms with Gasteiger partial charge in [0.2, 0.25) is 0 Å². The molecule has 1 aliphatic carbocycles. The average Bonchev–Trinajstić information content (AvgIpc) is 2.61. The number of aliphatic carboxylic acids is 1. The summed E-state index contributed by atoms with van der Waals surface area (Å²) in [5, 5.41) is 11.4. The highest BCUT2D eigenvalue weighted by Crippen LogP contribution is 2.26. The summed E-state index contributed by atoms with van der Waals surface area (Å²) in [6.45, 7) is 0. The van der Waals surface area contributed by atoms with Gasteiger partial charge in [0.15, 0.2) is 0 Å². The summed E-state index contributed by atoms with van der Waals surface area (Å²) in [6, 6.07) is 0.337. The van der Waals surface area contributed by atoms with Crippen molar-refractivity contribution in [1.82, 2.24) is 9.78 Å². The number of H-pyrrole nitrogens is 1. The van der Waals surface area contributed by atoms with Crippen molar-refractivity contribution in [2.75, 3.05) is 0 Å². The Kier molecular flexibility index (Phi) is 3.12. The summed E-state index contributed by atoms with van der Waals surface area (Å²) in [4.78, 5) is 22.0. The maximum Gasteiger partial charge on any atom is 0.308 e. The van der Waals surface area contributed by atoms with E-state index in [2.05, 4.69) is 5.10 Å². The summed E-state index contributed by atoms with van der Waals surface area (Å²) < 4.78 is 1.79. The zero-order valence-electron chi connectivity index (χ0n) is 9.11. The number of aromatic nitrogens is 2. The van der Waals surface area contributed by atoms with Crippen molar-refractivity contribution in [2.45, 2.75) is 44.6 Å². The highest BCUT2D eigenvalue weighted by Gasteiger charge is 2.17. The van der Waals surface area contributed by atoms with Crippen LogP contribution in [0, 0.1) is 0 Å². The molecule has 0 spiro atoms. The Balaban J connectivity index is 2.16. The van der Waals surface area contributed by atoms with E-state index in [1.165, 1.54) is 19.3 Å². The lowest BCUT2D eigenvalue weighted by atomic mass is 9.96. The topological polar surface area (TPSA) is 75.1 Å². The minimum atomic E-state index is -0.966. The lowest BCUT2D eigenvalue weighted by Crippen LogP contribution is -2.16. The Hall–Kier alpha value is -1.52. The first-order valence-electron chi connectivity index (χ1n) is 5.68. The molecule has 1 aromatic rings. The van der Waals surface area contributed by atoms with Crippen molar-refractivity contribution in [1.29, 1.82) is 0 Å². The highest BCUT2D eigenvalue weighted by molar-refractivity contribution is 5.69. The third-order valence-corrected chi connectivity index (χ3v) is 3.13. The summed E-state index contributed by atoms with van der Waals surface area (Å²) in [7, 11) is 0. The standard InChI is InChI=1S/C11H16N2O3/c14-10(15)6-8-7-13(12-11(8)16)9-4-2-1-3-5-9/h7,9H,1-6H2,(H,12,16)(H,14,15). The number of rotatable bonds is 3. The van der Waals surface area contributed by atoms with E-state index >= 15 is 0 Å². The molecule has 5 nitrogen and oxygen atoms in total. The highest BCUT2D eigenvalue weighted by atomic mass is 16.4. The molecule has 1 aromatic heterocycles. The number of aromatic amines is 1. The van der Waals surface area contributed by atoms with Gasteiger partial charge in [-0.25, -0.2) is 0 Å². The Morgan fingerprint density at radius 3 is 2.75 bits per heavy atom. The van der Waals surface area contributed by atoms with E-state index < -0.39 is 5.97 Å². The van der Waals surface area contributed by atoms with Gasteiger partial charge in [0.05, 0.1) is 6.42 Å². The van der Waals surface area contributed by atoms with E-state index in [0.29, 0.717) is 11.6 Å². The van der Waals surface area contributed by atoms with Gasteiger partial charge in [0.25, 0.3) is 5.56 Å². The molecule has 1 saturated carbocycles. The van der Waals surface area contributed by atoms with E-state index in [1.807, 2.05) is 0 Å². The van der Waals surface area contributed by atoms with Gasteiger partial charge < -0.3 is 5.11 Å². The SMILES string of the molecule is O=C(O)Cc1cn(C2CCCCC2)[nH]c1=O. The molecule has 1 heterocycles. The number of hydrogen-bond donors (Lipinski definition) is 2. The number of hydrogen-bond acceptors (Lipinski definition) is 2. The van der Waals surface area contributed by atoms with Crippen molar-refractivity contribution in [3.63, 3.8) is 0 Å². The molecule has 0 bridgehead atoms. The van der Waals surface area contributed by atoms with Crippen LogP contribution in [-0.4, -0.2) is 20.9 Å². The van der Waals surface area contributed by atoms with Gasteiger partial charge in [-0.1, -0.05) is 19.3 Å². The third kappa shape index (κ3) is 2.35. The molecule has 88 valence electrons. The molecular weight excluding hydrogens is 208 g/mol. The van der Waals surface area contributed by atoms with E-state index in [1.54, 1.807) is 10.9 Å². The molecule has 0 radical (unpaired) electrons. The number of nitrogens with one attached hydrogen (secondary N) is 1. The third-order valence-electron chi connectivity index (χ3n) is 3.13. The molecule has 2 N–H and O–H groups in total. The maximum absolute atomic E-state index is 11.5. The monoisotopic (exact) mass is 224 g/mol. The van der Waals surface area contributed by atoms with E-state index in [9.17, 15) is 9.59 Å². The van der Waals surface area contributed by atoms with Crippen molar-refractivity contribution >= 4 is 5.97 Å². The van der Waals surface area contributed by atoms with E-state index in [-0.39, 0.29) is 12.0 Å². The smallest absolute Gasteiger partial charge is 0.308 e. The Bertz CT molecular complexity index is 427. The second kappa shape index (κ2) is 4.55. The number of carboxylic acid groups (broad SMARTS) is 1. The second-order valence-electron chi connectivity index (χ2n) is 4.36. The number of nitrogens with zero attached hydrogens (tertiary/aromatic N) is 1. The van der Waals surface area contributed by atoms with Crippen molar-refractivity contribution in [2.24, 2.45) is 0 Å². The van der Waals surface area contributed by atoms with Crippen molar-refractivity contribution in [3.05, 3.63) is 22.1 Å². The van der Waals surface area contributed by atoms with Crippen LogP contribution in [0.2, 0.25) is 0 Å². The fourth-order valence-corrected chi connectivity index (χ4v) is 2.29. The van der Waals surface area contributed by atoms with Crippen molar-refractivity contribution < 1.29 is 9.90 Å². The Labute approximate surface area is 93.1 Å². The minimum Gasteiger partial charge on any atom is -0.481 e. The van der Waals surface area contributed by atoms with Crippen LogP contribution in [-0.2, 0) is 11.2 Å². The van der Waals surface area contributed by atoms with Crippen LogP contribution >= 0.6 is 0 Å². The van der Waals surface area contributed by atoms with Gasteiger partial charge >= 0.3 is 5.97 Å². The first-order valence-corrected chi connectivity index (χ1v) is 5.68. The Morgan fingerprint density at radius 1 is 1.44 bits per heavy atom. The van der Waals surface area contributed by atoms with Crippen LogP contribution in [0.15, 0.2) is 11.0 Å². The molecule has 0 saturated heterocycles. The normalized spacial score (nSPS) is 17.5. The first kappa shape index (κ1) is 11.0. The molecule has 0 aromatic carbocycles. The van der Waals surface area contributed by atoms with E-state index in [4.69, 9.17) is 5.11 Å². The largest absolute Gasteiger partial charge is 0.481 e. The molecule has 0 amide bonds. The molecule has 0 unspecified atom stereocenters. The van der Waals surface area contributed by atoms with Crippen LogP contribution in [0.5, 0.6) is 0 Å². The Morgan fingerprint density at radius 2 is 2.12 bits per heavy atom. The fraction of sp³-hybridized carbons (Fsp3) is 0.636. The van der Waals surface area contributed by atoms with Crippen LogP contribution in [0.4, 0.5) is 0 Å². The molecule has 16 heavy (non-hydrogen) atoms. The summed E-state index contributed by atoms with van der Waals surface area (Å²) in [5.74, 6) is -0.966. The van der Waals surface area contributed by atoms with Crippen LogP contribution in [0.25, 0.3) is 0 Å². The first-order chi connectivity index (χ1) is 7.66. The van der Waals surface area contributed by atoms with Gasteiger partial charge in [0, 0.05) is 17.8 Å². The molecule has 0 aliphatic heterocycles. The van der Waals surface area contributed by atoms with Gasteiger partial charge in [-0.05, 0) is 12.8 Å². The zero-order valence-corrected chi connectivity index (χ0v) is 9.11. The van der Waals surface area contributed by atoms with Crippen LogP contribution in [0.1, 0.15) is 43.7 Å². The molecule has 0 atom stereocenters. The van der Waals surface area contributed by atoms with Gasteiger partial charge in [-0.15, -0.1) is 0 Å².